The van der Waals surface area contributed by atoms with Gasteiger partial charge in [0.15, 0.2) is 6.61 Å². The maximum Gasteiger partial charge on any atom is 0.257 e. The van der Waals surface area contributed by atoms with Gasteiger partial charge in [0.25, 0.3) is 11.5 Å². The van der Waals surface area contributed by atoms with E-state index in [1.54, 1.807) is 10.6 Å². The number of nitrogens with zero attached hydrogens (tertiary/aromatic N) is 2. The molecule has 2 bridgehead atoms. The van der Waals surface area contributed by atoms with Gasteiger partial charge in [0.05, 0.1) is 9.92 Å². The molecule has 3 heterocycles. The molecule has 8 nitrogen and oxygen atoms in total. The summed E-state index contributed by atoms with van der Waals surface area (Å²) in [5.74, 6) is -0.0198. The van der Waals surface area contributed by atoms with Gasteiger partial charge in [-0.05, 0) is 36.6 Å². The first kappa shape index (κ1) is 20.9. The number of ether oxygens (including phenoxy) is 1. The number of halogens is 1. The van der Waals surface area contributed by atoms with Crippen molar-refractivity contribution in [3.05, 3.63) is 57.5 Å². The predicted octanol–water partition coefficient (Wildman–Crippen LogP) is 1.43. The summed E-state index contributed by atoms with van der Waals surface area (Å²) in [6, 6.07) is 9.39. The topological polar surface area (TPSA) is 97.7 Å². The van der Waals surface area contributed by atoms with E-state index in [0.717, 1.165) is 12.1 Å². The van der Waals surface area contributed by atoms with Gasteiger partial charge in [-0.15, -0.1) is 0 Å². The van der Waals surface area contributed by atoms with Gasteiger partial charge in [-0.2, -0.15) is 4.31 Å². The number of nitrogens with one attached hydrogen (secondary N) is 1. The number of hydrogen-bond donors (Lipinski definition) is 1. The van der Waals surface area contributed by atoms with Crippen LogP contribution in [0.15, 0.2) is 46.1 Å². The second kappa shape index (κ2) is 8.05. The van der Waals surface area contributed by atoms with E-state index >= 15 is 0 Å². The minimum atomic E-state index is -3.77. The number of rotatable bonds is 5. The van der Waals surface area contributed by atoms with Crippen molar-refractivity contribution in [3.63, 3.8) is 0 Å². The van der Waals surface area contributed by atoms with Crippen molar-refractivity contribution < 1.29 is 17.9 Å². The molecule has 0 saturated carbocycles. The Labute approximate surface area is 179 Å². The Morgan fingerprint density at radius 2 is 2.03 bits per heavy atom. The van der Waals surface area contributed by atoms with Crippen LogP contribution < -0.4 is 15.6 Å². The molecule has 1 amide bonds. The number of aromatic nitrogens is 1. The van der Waals surface area contributed by atoms with Crippen molar-refractivity contribution in [2.24, 2.45) is 5.92 Å². The number of carbonyl (C=O) groups is 1. The number of piperidine rings is 1. The Hall–Kier alpha value is -2.36. The van der Waals surface area contributed by atoms with Gasteiger partial charge >= 0.3 is 0 Å². The monoisotopic (exact) mass is 451 g/mol. The fourth-order valence-electron chi connectivity index (χ4n) is 4.17. The van der Waals surface area contributed by atoms with E-state index in [-0.39, 0.29) is 45.6 Å². The lowest BCUT2D eigenvalue weighted by Crippen LogP contribution is -2.49. The molecule has 2 atom stereocenters. The number of sulfonamides is 1. The molecule has 0 spiro atoms. The lowest BCUT2D eigenvalue weighted by molar-refractivity contribution is -0.122. The Morgan fingerprint density at radius 3 is 2.77 bits per heavy atom. The van der Waals surface area contributed by atoms with Crippen LogP contribution in [0, 0.1) is 5.92 Å². The molecule has 10 heteroatoms. The van der Waals surface area contributed by atoms with Crippen molar-refractivity contribution in [3.8, 4) is 5.75 Å². The maximum absolute atomic E-state index is 13.3. The van der Waals surface area contributed by atoms with Crippen molar-refractivity contribution >= 4 is 27.5 Å². The van der Waals surface area contributed by atoms with Crippen LogP contribution in [-0.4, -0.2) is 49.9 Å². The lowest BCUT2D eigenvalue weighted by atomic mass is 9.84. The minimum absolute atomic E-state index is 0.0215. The normalized spacial score (nSPS) is 21.0. The Balaban J connectivity index is 1.57. The molecule has 0 aliphatic carbocycles. The molecular weight excluding hydrogens is 430 g/mol. The Bertz CT molecular complexity index is 1150. The summed E-state index contributed by atoms with van der Waals surface area (Å²) in [5.41, 5.74) is 0.840. The van der Waals surface area contributed by atoms with Gasteiger partial charge in [-0.3, -0.25) is 9.59 Å². The van der Waals surface area contributed by atoms with E-state index in [1.807, 2.05) is 6.07 Å². The number of amides is 1. The fourth-order valence-corrected chi connectivity index (χ4v) is 6.06. The van der Waals surface area contributed by atoms with Gasteiger partial charge in [-0.1, -0.05) is 17.7 Å². The second-order valence-electron chi connectivity index (χ2n) is 7.57. The SMILES string of the molecule is CNC(=O)COc1ccc(S(=O)(=O)N2CC3CC(C2)c2cccc(=O)n2C3)cc1Cl. The summed E-state index contributed by atoms with van der Waals surface area (Å²) in [4.78, 5) is 23.6. The maximum atomic E-state index is 13.3. The summed E-state index contributed by atoms with van der Waals surface area (Å²) in [6.07, 6.45) is 0.864. The highest BCUT2D eigenvalue weighted by atomic mass is 35.5. The first-order valence-electron chi connectivity index (χ1n) is 9.62. The third-order valence-electron chi connectivity index (χ3n) is 5.62. The first-order chi connectivity index (χ1) is 14.3. The van der Waals surface area contributed by atoms with Crippen LogP contribution >= 0.6 is 11.6 Å². The van der Waals surface area contributed by atoms with Crippen molar-refractivity contribution in [1.29, 1.82) is 0 Å². The van der Waals surface area contributed by atoms with E-state index < -0.39 is 10.0 Å². The lowest BCUT2D eigenvalue weighted by Gasteiger charge is -2.42. The standard InChI is InChI=1S/C20H22ClN3O5S/c1-22-19(25)12-29-18-6-5-15(8-16(18)21)30(27,28)23-9-13-7-14(11-23)17-3-2-4-20(26)24(17)10-13/h2-6,8,13-14H,7,9-12H2,1H3,(H,22,25). The zero-order valence-corrected chi connectivity index (χ0v) is 17.9. The molecule has 30 heavy (non-hydrogen) atoms. The van der Waals surface area contributed by atoms with Crippen molar-refractivity contribution in [2.75, 3.05) is 26.7 Å². The first-order valence-corrected chi connectivity index (χ1v) is 11.4. The van der Waals surface area contributed by atoms with E-state index in [4.69, 9.17) is 16.3 Å². The van der Waals surface area contributed by atoms with Gasteiger partial charge in [-0.25, -0.2) is 8.42 Å². The summed E-state index contributed by atoms with van der Waals surface area (Å²) in [6.45, 7) is 0.974. The number of fused-ring (bicyclic) bond motifs is 4. The average Bonchev–Trinajstić information content (AvgIpc) is 2.73. The Morgan fingerprint density at radius 1 is 1.23 bits per heavy atom. The number of likely N-dealkylation sites (N-methyl/N-ethyl adjacent to an activating group) is 1. The number of pyridine rings is 1. The molecule has 0 radical (unpaired) electrons. The van der Waals surface area contributed by atoms with Crippen LogP contribution in [0.2, 0.25) is 5.02 Å². The van der Waals surface area contributed by atoms with E-state index in [0.29, 0.717) is 19.6 Å². The molecule has 2 unspecified atom stereocenters. The largest absolute Gasteiger partial charge is 0.482 e. The highest BCUT2D eigenvalue weighted by molar-refractivity contribution is 7.89. The molecule has 4 rings (SSSR count). The zero-order chi connectivity index (χ0) is 21.5. The van der Waals surface area contributed by atoms with Crippen LogP contribution in [0.4, 0.5) is 0 Å². The smallest absolute Gasteiger partial charge is 0.257 e. The number of carbonyl (C=O) groups excluding carboxylic acids is 1. The quantitative estimate of drug-likeness (QED) is 0.741. The molecule has 2 aliphatic heterocycles. The highest BCUT2D eigenvalue weighted by Crippen LogP contribution is 2.38. The molecule has 1 aromatic carbocycles. The zero-order valence-electron chi connectivity index (χ0n) is 16.4. The predicted molar refractivity (Wildman–Crippen MR) is 111 cm³/mol. The van der Waals surface area contributed by atoms with Gasteiger partial charge in [0, 0.05) is 44.4 Å². The van der Waals surface area contributed by atoms with Crippen LogP contribution in [-0.2, 0) is 21.4 Å². The summed E-state index contributed by atoms with van der Waals surface area (Å²) in [5, 5.41) is 2.55. The van der Waals surface area contributed by atoms with Gasteiger partial charge in [0.1, 0.15) is 5.75 Å². The van der Waals surface area contributed by atoms with Crippen molar-refractivity contribution in [2.45, 2.75) is 23.8 Å². The van der Waals surface area contributed by atoms with Gasteiger partial charge in [0.2, 0.25) is 10.0 Å². The second-order valence-corrected chi connectivity index (χ2v) is 9.92. The molecule has 2 aliphatic rings. The summed E-state index contributed by atoms with van der Waals surface area (Å²) in [7, 11) is -2.27. The van der Waals surface area contributed by atoms with Gasteiger partial charge < -0.3 is 14.6 Å². The van der Waals surface area contributed by atoms with Crippen LogP contribution in [0.1, 0.15) is 18.0 Å². The van der Waals surface area contributed by atoms with Crippen LogP contribution in [0.3, 0.4) is 0 Å². The molecule has 160 valence electrons. The minimum Gasteiger partial charge on any atom is -0.482 e. The molecule has 1 fully saturated rings. The fraction of sp³-hybridized carbons (Fsp3) is 0.400. The number of benzene rings is 1. The molecule has 2 aromatic rings. The molecular formula is C20H22ClN3O5S. The highest BCUT2D eigenvalue weighted by Gasteiger charge is 2.39. The van der Waals surface area contributed by atoms with Crippen LogP contribution in [0.5, 0.6) is 5.75 Å². The third-order valence-corrected chi connectivity index (χ3v) is 7.75. The van der Waals surface area contributed by atoms with E-state index in [1.165, 1.54) is 35.6 Å². The summed E-state index contributed by atoms with van der Waals surface area (Å²) >= 11 is 6.20. The Kier molecular flexibility index (Phi) is 5.61. The van der Waals surface area contributed by atoms with Crippen molar-refractivity contribution in [1.82, 2.24) is 14.2 Å². The van der Waals surface area contributed by atoms with E-state index in [2.05, 4.69) is 5.32 Å². The third kappa shape index (κ3) is 3.84. The molecule has 1 saturated heterocycles. The molecule has 1 N–H and O–H groups in total. The average molecular weight is 452 g/mol. The number of hydrogen-bond acceptors (Lipinski definition) is 5. The summed E-state index contributed by atoms with van der Waals surface area (Å²) < 4.78 is 35.1. The van der Waals surface area contributed by atoms with Crippen LogP contribution in [0.25, 0.3) is 0 Å². The van der Waals surface area contributed by atoms with E-state index in [9.17, 15) is 18.0 Å². The molecule has 1 aromatic heterocycles.